The molecule has 0 atom stereocenters. The Morgan fingerprint density at radius 1 is 0.328 bits per heavy atom. The number of aromatic nitrogens is 3. The summed E-state index contributed by atoms with van der Waals surface area (Å²) in [4.78, 5) is 12.8. The quantitative estimate of drug-likeness (QED) is 0.153. The van der Waals surface area contributed by atoms with Gasteiger partial charge >= 0.3 is 0 Å². The van der Waals surface area contributed by atoms with Crippen LogP contribution in [0.1, 0.15) is 0 Å². The van der Waals surface area contributed by atoms with Crippen LogP contribution in [0.2, 0.25) is 0 Å². The van der Waals surface area contributed by atoms with Crippen molar-refractivity contribution in [2.45, 2.75) is 0 Å². The molecule has 0 N–H and O–H groups in total. The topological polar surface area (TPSA) is 34.0 Å². The summed E-state index contributed by atoms with van der Waals surface area (Å²) in [6.45, 7) is 0. The van der Waals surface area contributed by atoms with E-state index in [1.807, 2.05) is 17.4 Å². The summed E-state index contributed by atoms with van der Waals surface area (Å²) in [5.74, 6) is 0.703. The van der Waals surface area contributed by atoms with Crippen molar-refractivity contribution in [2.75, 3.05) is 4.90 Å². The minimum absolute atomic E-state index is 0.703. The van der Waals surface area contributed by atoms with Crippen LogP contribution in [0.25, 0.3) is 103 Å². The van der Waals surface area contributed by atoms with Crippen LogP contribution in [-0.4, -0.2) is 14.5 Å². The van der Waals surface area contributed by atoms with E-state index < -0.39 is 0 Å². The van der Waals surface area contributed by atoms with E-state index in [1.54, 1.807) is 0 Å². The van der Waals surface area contributed by atoms with Crippen LogP contribution >= 0.6 is 11.3 Å². The zero-order valence-corrected chi connectivity index (χ0v) is 37.1. The van der Waals surface area contributed by atoms with Crippen LogP contribution in [0.4, 0.5) is 17.1 Å². The Kier molecular flexibility index (Phi) is 9.32. The van der Waals surface area contributed by atoms with Gasteiger partial charge in [-0.2, -0.15) is 0 Å². The normalized spacial score (nSPS) is 11.6. The third kappa shape index (κ3) is 6.84. The lowest BCUT2D eigenvalue weighted by Gasteiger charge is -2.26. The van der Waals surface area contributed by atoms with E-state index in [4.69, 9.17) is 9.97 Å². The number of thiophene rings is 1. The van der Waals surface area contributed by atoms with Crippen LogP contribution in [-0.2, 0) is 0 Å². The van der Waals surface area contributed by atoms with Gasteiger partial charge in [-0.3, -0.25) is 0 Å². The van der Waals surface area contributed by atoms with Crippen molar-refractivity contribution in [3.05, 3.63) is 243 Å². The molecule has 0 aliphatic heterocycles. The average molecular weight is 873 g/mol. The first kappa shape index (κ1) is 38.8. The zero-order valence-electron chi connectivity index (χ0n) is 36.3. The fourth-order valence-electron chi connectivity index (χ4n) is 9.75. The number of benzene rings is 10. The average Bonchev–Trinajstić information content (AvgIpc) is 3.94. The second-order valence-electron chi connectivity index (χ2n) is 17.0. The van der Waals surface area contributed by atoms with Crippen molar-refractivity contribution in [2.24, 2.45) is 0 Å². The lowest BCUT2D eigenvalue weighted by molar-refractivity contribution is 1.17. The van der Waals surface area contributed by atoms with Gasteiger partial charge in [0, 0.05) is 70.2 Å². The number of rotatable bonds is 8. The minimum Gasteiger partial charge on any atom is -0.310 e. The van der Waals surface area contributed by atoms with Gasteiger partial charge in [-0.05, 0) is 113 Å². The first-order valence-corrected chi connectivity index (χ1v) is 23.5. The maximum absolute atomic E-state index is 5.30. The van der Waals surface area contributed by atoms with Crippen molar-refractivity contribution in [1.82, 2.24) is 14.5 Å². The fourth-order valence-corrected chi connectivity index (χ4v) is 10.8. The molecule has 3 heterocycles. The molecule has 0 fully saturated rings. The molecule has 5 heteroatoms. The van der Waals surface area contributed by atoms with Crippen LogP contribution in [0.3, 0.4) is 0 Å². The molecule has 0 saturated heterocycles. The van der Waals surface area contributed by atoms with Gasteiger partial charge in [0.25, 0.3) is 0 Å². The molecule has 10 aromatic carbocycles. The highest BCUT2D eigenvalue weighted by Gasteiger charge is 2.19. The van der Waals surface area contributed by atoms with E-state index in [2.05, 4.69) is 246 Å². The number of hydrogen-bond acceptors (Lipinski definition) is 4. The molecule has 0 saturated carbocycles. The van der Waals surface area contributed by atoms with Crippen molar-refractivity contribution >= 4 is 81.3 Å². The van der Waals surface area contributed by atoms with E-state index >= 15 is 0 Å². The van der Waals surface area contributed by atoms with Gasteiger partial charge in [0.15, 0.2) is 5.82 Å². The second-order valence-corrected chi connectivity index (χ2v) is 18.1. The zero-order chi connectivity index (χ0) is 44.3. The lowest BCUT2D eigenvalue weighted by Crippen LogP contribution is -2.10. The third-order valence-corrected chi connectivity index (χ3v) is 14.2. The summed E-state index contributed by atoms with van der Waals surface area (Å²) in [6, 6.07) is 87.0. The lowest BCUT2D eigenvalue weighted by atomic mass is 10.0. The standard InChI is InChI=1S/C62H40N4S/c1-3-13-41(14-4-1)43-23-25-45(26-24-43)61-53-19-7-10-20-56(53)63-62(64-61)46-29-37-58-54(39-46)51-17-8-11-21-57(51)66(58)49-34-32-48(33-35-49)65(47-30-27-44(28-31-47)42-15-5-2-6-16-42)50-36-38-60-55(40-50)52-18-9-12-22-59(52)67-60/h1-40H. The van der Waals surface area contributed by atoms with Crippen LogP contribution in [0.5, 0.6) is 0 Å². The van der Waals surface area contributed by atoms with Gasteiger partial charge in [-0.1, -0.05) is 152 Å². The molecule has 0 spiro atoms. The Bertz CT molecular complexity index is 3950. The molecule has 0 radical (unpaired) electrons. The predicted octanol–water partition coefficient (Wildman–Crippen LogP) is 17.2. The highest BCUT2D eigenvalue weighted by Crippen LogP contribution is 2.42. The molecule has 4 nitrogen and oxygen atoms in total. The number of fused-ring (bicyclic) bond motifs is 7. The predicted molar refractivity (Wildman–Crippen MR) is 283 cm³/mol. The monoisotopic (exact) mass is 872 g/mol. The highest BCUT2D eigenvalue weighted by molar-refractivity contribution is 7.25. The van der Waals surface area contributed by atoms with Gasteiger partial charge < -0.3 is 9.47 Å². The SMILES string of the molecule is c1ccc(-c2ccc(-c3nc(-c4ccc5c(c4)c4ccccc4n5-c4ccc(N(c5ccc(-c6ccccc6)cc5)c5ccc6sc7ccccc7c6c5)cc4)nc4ccccc34)cc2)cc1. The molecule has 0 unspecified atom stereocenters. The van der Waals surface area contributed by atoms with Crippen molar-refractivity contribution in [3.63, 3.8) is 0 Å². The van der Waals surface area contributed by atoms with Crippen molar-refractivity contribution in [3.8, 4) is 50.6 Å². The summed E-state index contributed by atoms with van der Waals surface area (Å²) < 4.78 is 4.97. The minimum atomic E-state index is 0.703. The smallest absolute Gasteiger partial charge is 0.160 e. The van der Waals surface area contributed by atoms with E-state index in [0.717, 1.165) is 66.9 Å². The van der Waals surface area contributed by atoms with E-state index in [0.29, 0.717) is 5.82 Å². The molecule has 314 valence electrons. The molecule has 3 aromatic heterocycles. The van der Waals surface area contributed by atoms with E-state index in [9.17, 15) is 0 Å². The molecule has 13 aromatic rings. The van der Waals surface area contributed by atoms with Crippen LogP contribution < -0.4 is 4.90 Å². The Morgan fingerprint density at radius 3 is 1.58 bits per heavy atom. The van der Waals surface area contributed by atoms with Crippen molar-refractivity contribution < 1.29 is 0 Å². The van der Waals surface area contributed by atoms with Gasteiger partial charge in [-0.15, -0.1) is 11.3 Å². The van der Waals surface area contributed by atoms with Gasteiger partial charge in [0.1, 0.15) is 0 Å². The summed E-state index contributed by atoms with van der Waals surface area (Å²) in [5, 5.41) is 5.92. The summed E-state index contributed by atoms with van der Waals surface area (Å²) >= 11 is 1.85. The van der Waals surface area contributed by atoms with Crippen LogP contribution in [0.15, 0.2) is 243 Å². The Morgan fingerprint density at radius 2 is 0.851 bits per heavy atom. The largest absolute Gasteiger partial charge is 0.310 e. The van der Waals surface area contributed by atoms with E-state index in [1.165, 1.54) is 47.8 Å². The molecule has 0 bridgehead atoms. The Labute approximate surface area is 391 Å². The molecule has 67 heavy (non-hydrogen) atoms. The third-order valence-electron chi connectivity index (χ3n) is 13.0. The van der Waals surface area contributed by atoms with Crippen LogP contribution in [0, 0.1) is 0 Å². The molecule has 13 rings (SSSR count). The number of nitrogens with zero attached hydrogens (tertiary/aromatic N) is 4. The molecular formula is C62H40N4S. The Hall–Kier alpha value is -8.64. The fraction of sp³-hybridized carbons (Fsp3) is 0. The van der Waals surface area contributed by atoms with Crippen molar-refractivity contribution in [1.29, 1.82) is 0 Å². The maximum atomic E-state index is 5.30. The summed E-state index contributed by atoms with van der Waals surface area (Å²) in [7, 11) is 0. The van der Waals surface area contributed by atoms with Gasteiger partial charge in [0.05, 0.1) is 22.2 Å². The summed E-state index contributed by atoms with van der Waals surface area (Å²) in [5.41, 5.74) is 15.3. The molecule has 0 aliphatic rings. The first-order chi connectivity index (χ1) is 33.2. The first-order valence-electron chi connectivity index (χ1n) is 22.6. The second kappa shape index (κ2) is 16.1. The molecular weight excluding hydrogens is 833 g/mol. The number of anilines is 3. The summed E-state index contributed by atoms with van der Waals surface area (Å²) in [6.07, 6.45) is 0. The Balaban J connectivity index is 0.900. The molecule has 0 aliphatic carbocycles. The number of hydrogen-bond donors (Lipinski definition) is 0. The van der Waals surface area contributed by atoms with Gasteiger partial charge in [-0.25, -0.2) is 9.97 Å². The number of para-hydroxylation sites is 2. The molecule has 0 amide bonds. The highest BCUT2D eigenvalue weighted by atomic mass is 32.1. The van der Waals surface area contributed by atoms with Gasteiger partial charge in [0.2, 0.25) is 0 Å². The van der Waals surface area contributed by atoms with E-state index in [-0.39, 0.29) is 0 Å². The maximum Gasteiger partial charge on any atom is 0.160 e.